The number of hydrogen-bond acceptors (Lipinski definition) is 0. The van der Waals surface area contributed by atoms with Crippen molar-refractivity contribution < 1.29 is 5.94 Å². The summed E-state index contributed by atoms with van der Waals surface area (Å²) in [7, 11) is 2.07. The number of aromatic nitrogens is 1. The minimum Gasteiger partial charge on any atom is -0.200 e. The molecule has 0 atom stereocenters. The van der Waals surface area contributed by atoms with Gasteiger partial charge in [0.15, 0.2) is 6.17 Å². The van der Waals surface area contributed by atoms with E-state index in [9.17, 15) is 0 Å². The van der Waals surface area contributed by atoms with Crippen molar-refractivity contribution in [1.29, 1.82) is 0 Å². The summed E-state index contributed by atoms with van der Waals surface area (Å²) in [6, 6.07) is 11.6. The molecule has 0 aliphatic heterocycles. The zero-order valence-corrected chi connectivity index (χ0v) is 20.7. The van der Waals surface area contributed by atoms with Gasteiger partial charge in [-0.15, -0.1) is 0 Å². The van der Waals surface area contributed by atoms with E-state index in [-0.39, 0.29) is 0 Å². The second-order valence-electron chi connectivity index (χ2n) is 10.8. The summed E-state index contributed by atoms with van der Waals surface area (Å²) < 4.78 is 10.9. The van der Waals surface area contributed by atoms with Crippen LogP contribution in [0.1, 0.15) is 86.4 Å². The van der Waals surface area contributed by atoms with E-state index in [2.05, 4.69) is 76.6 Å². The van der Waals surface area contributed by atoms with E-state index in [0.717, 1.165) is 12.3 Å². The van der Waals surface area contributed by atoms with Crippen molar-refractivity contribution in [3.8, 4) is 0 Å². The van der Waals surface area contributed by atoms with Crippen LogP contribution in [0.2, 0.25) is 0 Å². The maximum Gasteiger partial charge on any atom is 0.221 e. The Labute approximate surface area is 195 Å². The number of benzene rings is 2. The molecule has 0 saturated heterocycles. The van der Waals surface area contributed by atoms with Gasteiger partial charge in [0.2, 0.25) is 5.69 Å². The third-order valence-corrected chi connectivity index (χ3v) is 7.77. The molecule has 2 aromatic carbocycles. The van der Waals surface area contributed by atoms with Gasteiger partial charge in [-0.2, -0.15) is 0 Å². The molecule has 166 valence electrons. The van der Waals surface area contributed by atoms with Crippen LogP contribution in [-0.2, 0) is 13.5 Å². The van der Waals surface area contributed by atoms with Crippen molar-refractivity contribution >= 4 is 21.9 Å². The molecule has 0 bridgehead atoms. The summed E-state index contributed by atoms with van der Waals surface area (Å²) in [4.78, 5) is 0. The van der Waals surface area contributed by atoms with E-state index < -0.39 is 0 Å². The van der Waals surface area contributed by atoms with E-state index in [1.54, 1.807) is 0 Å². The first-order valence-corrected chi connectivity index (χ1v) is 12.5. The Hall–Kier alpha value is -2.41. The molecule has 2 aliphatic rings. The number of aryl methyl sites for hydroxylation is 2. The lowest BCUT2D eigenvalue weighted by molar-refractivity contribution is -0.672. The van der Waals surface area contributed by atoms with Crippen molar-refractivity contribution in [2.24, 2.45) is 18.9 Å². The molecule has 0 amide bonds. The molecule has 0 spiro atoms. The predicted molar refractivity (Wildman–Crippen MR) is 137 cm³/mol. The number of pyridine rings is 1. The van der Waals surface area contributed by atoms with E-state index in [0.29, 0.717) is 12.1 Å². The van der Waals surface area contributed by atoms with Gasteiger partial charge < -0.3 is 0 Å². The monoisotopic (exact) mass is 425 g/mol. The van der Waals surface area contributed by atoms with Gasteiger partial charge in [-0.05, 0) is 84.2 Å². The third kappa shape index (κ3) is 3.60. The zero-order valence-electron chi connectivity index (χ0n) is 21.7. The maximum absolute atomic E-state index is 8.80. The molecule has 1 nitrogen and oxygen atoms in total. The molecular weight excluding hydrogens is 386 g/mol. The lowest BCUT2D eigenvalue weighted by Gasteiger charge is -2.16. The molecule has 5 rings (SSSR count). The highest BCUT2D eigenvalue weighted by molar-refractivity contribution is 6.16. The molecular formula is C31H38N+. The van der Waals surface area contributed by atoms with Gasteiger partial charge in [0.25, 0.3) is 0 Å². The molecule has 1 fully saturated rings. The van der Waals surface area contributed by atoms with Gasteiger partial charge in [0, 0.05) is 6.07 Å². The first-order valence-electron chi connectivity index (χ1n) is 13.0. The molecule has 1 heteroatoms. The Bertz CT molecular complexity index is 1290. The second kappa shape index (κ2) is 8.18. The van der Waals surface area contributed by atoms with E-state index in [1.807, 2.05) is 0 Å². The summed E-state index contributed by atoms with van der Waals surface area (Å²) in [6.07, 6.45) is 8.34. The van der Waals surface area contributed by atoms with Crippen LogP contribution in [-0.4, -0.2) is 0 Å². The normalized spacial score (nSPS) is 16.7. The van der Waals surface area contributed by atoms with Crippen molar-refractivity contribution in [3.05, 3.63) is 75.6 Å². The van der Waals surface area contributed by atoms with E-state index >= 15 is 0 Å². The molecule has 3 aromatic rings. The Balaban J connectivity index is 1.82. The predicted octanol–water partition coefficient (Wildman–Crippen LogP) is 7.64. The van der Waals surface area contributed by atoms with Crippen LogP contribution in [0.25, 0.3) is 21.9 Å². The molecule has 1 heterocycles. The van der Waals surface area contributed by atoms with Gasteiger partial charge in [0.1, 0.15) is 8.42 Å². The van der Waals surface area contributed by atoms with E-state index in [4.69, 9.17) is 1.37 Å². The quantitative estimate of drug-likeness (QED) is 0.370. The largest absolute Gasteiger partial charge is 0.221 e. The van der Waals surface area contributed by atoms with Crippen LogP contribution in [0.5, 0.6) is 0 Å². The molecule has 1 saturated carbocycles. The Morgan fingerprint density at radius 2 is 1.78 bits per heavy atom. The van der Waals surface area contributed by atoms with E-state index in [1.165, 1.54) is 93.1 Å². The standard InChI is InChI=1S/C31H38N/c1-19(2)13-27-28-18-24(16-23-9-7-8-10-23)17-25-11-12-32(6)31(29(25)28)30(27)26-15-20(3)14-21(4)22(26)5/h11-12,14-15,17-19,23H,7-10,13,16H2,1-6H3/q+1/i12D. The Morgan fingerprint density at radius 3 is 2.50 bits per heavy atom. The topological polar surface area (TPSA) is 3.88 Å². The molecule has 32 heavy (non-hydrogen) atoms. The number of nitrogens with zero attached hydrogens (tertiary/aromatic N) is 1. The van der Waals surface area contributed by atoms with Crippen LogP contribution in [0.15, 0.2) is 36.5 Å². The number of allylic oxidation sites excluding steroid dienone is 1. The van der Waals surface area contributed by atoms with Crippen molar-refractivity contribution in [1.82, 2.24) is 0 Å². The highest BCUT2D eigenvalue weighted by Crippen LogP contribution is 2.47. The highest BCUT2D eigenvalue weighted by Gasteiger charge is 2.34. The maximum atomic E-state index is 8.80. The minimum atomic E-state index is 0.574. The van der Waals surface area contributed by atoms with Gasteiger partial charge in [-0.3, -0.25) is 0 Å². The van der Waals surface area contributed by atoms with Gasteiger partial charge in [-0.1, -0.05) is 69.4 Å². The van der Waals surface area contributed by atoms with Crippen LogP contribution < -0.4 is 4.57 Å². The van der Waals surface area contributed by atoms with Crippen molar-refractivity contribution in [2.45, 2.75) is 73.1 Å². The lowest BCUT2D eigenvalue weighted by atomic mass is 9.88. The molecule has 0 N–H and O–H groups in total. The minimum absolute atomic E-state index is 0.574. The fourth-order valence-electron chi connectivity index (χ4n) is 6.19. The number of hydrogen-bond donors (Lipinski definition) is 0. The van der Waals surface area contributed by atoms with Crippen molar-refractivity contribution in [3.63, 3.8) is 0 Å². The third-order valence-electron chi connectivity index (χ3n) is 7.77. The summed E-state index contributed by atoms with van der Waals surface area (Å²) in [5.74, 6) is 1.40. The summed E-state index contributed by atoms with van der Waals surface area (Å²) >= 11 is 0. The average Bonchev–Trinajstić information content (AvgIpc) is 3.36. The van der Waals surface area contributed by atoms with Gasteiger partial charge in [-0.25, -0.2) is 4.57 Å². The Morgan fingerprint density at radius 1 is 1.03 bits per heavy atom. The first-order chi connectivity index (χ1) is 15.7. The highest BCUT2D eigenvalue weighted by atomic mass is 14.9. The van der Waals surface area contributed by atoms with Crippen LogP contribution in [0.3, 0.4) is 0 Å². The fraction of sp³-hybridized carbons (Fsp3) is 0.452. The second-order valence-corrected chi connectivity index (χ2v) is 10.8. The SMILES string of the molecule is [2H]c1cc2cc(CC3CCCC3)cc3c2c([n+]1C)C(c1cc(C)cc(C)c1C)=C3CC(C)C. The van der Waals surface area contributed by atoms with Crippen LogP contribution in [0, 0.1) is 32.6 Å². The average molecular weight is 426 g/mol. The Kier molecular flexibility index (Phi) is 5.17. The smallest absolute Gasteiger partial charge is 0.200 e. The summed E-state index contributed by atoms with van der Waals surface area (Å²) in [6.45, 7) is 11.4. The lowest BCUT2D eigenvalue weighted by Crippen LogP contribution is -2.32. The molecule has 1 aromatic heterocycles. The molecule has 0 radical (unpaired) electrons. The number of rotatable bonds is 5. The van der Waals surface area contributed by atoms with Crippen LogP contribution >= 0.6 is 0 Å². The summed E-state index contributed by atoms with van der Waals surface area (Å²) in [5.41, 5.74) is 12.3. The molecule has 0 unspecified atom stereocenters. The van der Waals surface area contributed by atoms with Crippen LogP contribution in [0.4, 0.5) is 0 Å². The van der Waals surface area contributed by atoms with Crippen molar-refractivity contribution in [2.75, 3.05) is 0 Å². The zero-order chi connectivity index (χ0) is 23.4. The summed E-state index contributed by atoms with van der Waals surface area (Å²) in [5, 5.41) is 2.60. The van der Waals surface area contributed by atoms with Gasteiger partial charge in [0.05, 0.1) is 11.0 Å². The van der Waals surface area contributed by atoms with Gasteiger partial charge >= 0.3 is 0 Å². The first kappa shape index (κ1) is 20.2. The fourth-order valence-corrected chi connectivity index (χ4v) is 6.19. The molecule has 2 aliphatic carbocycles.